The Balaban J connectivity index is 1.94. The first-order valence-corrected chi connectivity index (χ1v) is 10.8. The van der Waals surface area contributed by atoms with E-state index >= 15 is 0 Å². The maximum atomic E-state index is 13.6. The predicted molar refractivity (Wildman–Crippen MR) is 121 cm³/mol. The molecular formula is C23H18ClFN2O4S. The molecule has 2 aromatic carbocycles. The van der Waals surface area contributed by atoms with Crippen LogP contribution in [0.4, 0.5) is 9.52 Å². The molecule has 9 heteroatoms. The molecule has 1 N–H and O–H groups in total. The predicted octanol–water partition coefficient (Wildman–Crippen LogP) is 5.19. The van der Waals surface area contributed by atoms with Gasteiger partial charge in [-0.3, -0.25) is 14.5 Å². The van der Waals surface area contributed by atoms with Crippen LogP contribution >= 0.6 is 22.9 Å². The minimum absolute atomic E-state index is 0.131. The Morgan fingerprint density at radius 3 is 2.44 bits per heavy atom. The first-order chi connectivity index (χ1) is 15.2. The number of thiazole rings is 1. The van der Waals surface area contributed by atoms with E-state index in [-0.39, 0.29) is 16.2 Å². The number of nitrogens with zero attached hydrogens (tertiary/aromatic N) is 2. The Bertz CT molecular complexity index is 1250. The van der Waals surface area contributed by atoms with Crippen molar-refractivity contribution in [3.63, 3.8) is 0 Å². The summed E-state index contributed by atoms with van der Waals surface area (Å²) in [4.78, 5) is 32.7. The quantitative estimate of drug-likeness (QED) is 0.321. The van der Waals surface area contributed by atoms with E-state index in [9.17, 15) is 19.1 Å². The molecule has 1 fully saturated rings. The van der Waals surface area contributed by atoms with Crippen molar-refractivity contribution in [2.75, 3.05) is 12.0 Å². The molecule has 0 saturated carbocycles. The first kappa shape index (κ1) is 22.0. The van der Waals surface area contributed by atoms with Crippen LogP contribution < -0.4 is 9.64 Å². The third-order valence-corrected chi connectivity index (χ3v) is 6.65. The fraction of sp³-hybridized carbons (Fsp3) is 0.174. The summed E-state index contributed by atoms with van der Waals surface area (Å²) in [6.07, 6.45) is 0. The van der Waals surface area contributed by atoms with E-state index in [1.165, 1.54) is 59.7 Å². The fourth-order valence-electron chi connectivity index (χ4n) is 3.52. The maximum absolute atomic E-state index is 13.6. The molecule has 0 unspecified atom stereocenters. The number of carbonyl (C=O) groups excluding carboxylic acids is 2. The first-order valence-electron chi connectivity index (χ1n) is 9.57. The second-order valence-electron chi connectivity index (χ2n) is 7.21. The van der Waals surface area contributed by atoms with Crippen LogP contribution in [0.15, 0.2) is 48.0 Å². The molecule has 0 aliphatic carbocycles. The minimum atomic E-state index is -0.985. The number of rotatable bonds is 4. The highest BCUT2D eigenvalue weighted by atomic mass is 35.5. The lowest BCUT2D eigenvalue weighted by Crippen LogP contribution is -2.29. The van der Waals surface area contributed by atoms with Crippen LogP contribution in [0.1, 0.15) is 27.7 Å². The Hall–Kier alpha value is -3.23. The average molecular weight is 473 g/mol. The highest BCUT2D eigenvalue weighted by Gasteiger charge is 2.48. The van der Waals surface area contributed by atoms with Crippen molar-refractivity contribution in [3.05, 3.63) is 80.6 Å². The molecule has 0 spiro atoms. The summed E-state index contributed by atoms with van der Waals surface area (Å²) in [6.45, 7) is 3.66. The molecule has 0 radical (unpaired) electrons. The summed E-state index contributed by atoms with van der Waals surface area (Å²) in [5, 5.41) is 11.7. The number of aliphatic hydroxyl groups is 1. The molecule has 0 bridgehead atoms. The normalized spacial score (nSPS) is 17.8. The number of ketones is 1. The van der Waals surface area contributed by atoms with Gasteiger partial charge in [-0.05, 0) is 49.7 Å². The zero-order valence-corrected chi connectivity index (χ0v) is 18.9. The number of anilines is 1. The van der Waals surface area contributed by atoms with Crippen LogP contribution in [0.2, 0.25) is 5.02 Å². The maximum Gasteiger partial charge on any atom is 0.301 e. The number of halogens is 2. The van der Waals surface area contributed by atoms with Gasteiger partial charge in [0, 0.05) is 10.4 Å². The molecule has 1 atom stereocenters. The van der Waals surface area contributed by atoms with Gasteiger partial charge in [0.25, 0.3) is 5.78 Å². The van der Waals surface area contributed by atoms with Crippen LogP contribution in [0.5, 0.6) is 5.75 Å². The summed E-state index contributed by atoms with van der Waals surface area (Å²) in [5.74, 6) is -2.15. The number of ether oxygens (including phenoxy) is 1. The van der Waals surface area contributed by atoms with E-state index in [1.807, 2.05) is 6.92 Å². The van der Waals surface area contributed by atoms with Crippen LogP contribution in [-0.2, 0) is 9.59 Å². The number of carbonyl (C=O) groups is 2. The molecule has 6 nitrogen and oxygen atoms in total. The third kappa shape index (κ3) is 3.65. The molecule has 4 rings (SSSR count). The van der Waals surface area contributed by atoms with Crippen molar-refractivity contribution in [1.29, 1.82) is 0 Å². The zero-order chi connectivity index (χ0) is 23.2. The molecule has 32 heavy (non-hydrogen) atoms. The van der Waals surface area contributed by atoms with E-state index < -0.39 is 29.3 Å². The Labute approximate surface area is 192 Å². The monoisotopic (exact) mass is 472 g/mol. The number of aryl methyl sites for hydroxylation is 2. The van der Waals surface area contributed by atoms with E-state index in [1.54, 1.807) is 13.0 Å². The van der Waals surface area contributed by atoms with Gasteiger partial charge >= 0.3 is 5.91 Å². The number of methoxy groups -OCH3 is 1. The second kappa shape index (κ2) is 8.37. The zero-order valence-electron chi connectivity index (χ0n) is 17.3. The third-order valence-electron chi connectivity index (χ3n) is 5.28. The van der Waals surface area contributed by atoms with Crippen molar-refractivity contribution in [3.8, 4) is 5.75 Å². The van der Waals surface area contributed by atoms with Gasteiger partial charge < -0.3 is 9.84 Å². The van der Waals surface area contributed by atoms with Crippen molar-refractivity contribution in [2.24, 2.45) is 0 Å². The van der Waals surface area contributed by atoms with Crippen LogP contribution in [0.3, 0.4) is 0 Å². The number of aliphatic hydroxyl groups excluding tert-OH is 1. The lowest BCUT2D eigenvalue weighted by atomic mass is 9.95. The number of hydrogen-bond donors (Lipinski definition) is 1. The summed E-state index contributed by atoms with van der Waals surface area (Å²) in [6, 6.07) is 8.96. The second-order valence-corrected chi connectivity index (χ2v) is 8.80. The van der Waals surface area contributed by atoms with Gasteiger partial charge in [0.2, 0.25) is 0 Å². The van der Waals surface area contributed by atoms with Crippen molar-refractivity contribution >= 4 is 45.5 Å². The number of aromatic nitrogens is 1. The van der Waals surface area contributed by atoms with Crippen molar-refractivity contribution in [2.45, 2.75) is 19.9 Å². The van der Waals surface area contributed by atoms with Crippen molar-refractivity contribution in [1.82, 2.24) is 4.98 Å². The number of amides is 1. The van der Waals surface area contributed by atoms with Gasteiger partial charge in [-0.2, -0.15) is 0 Å². The fourth-order valence-corrected chi connectivity index (χ4v) is 4.71. The average Bonchev–Trinajstić information content (AvgIpc) is 3.23. The Morgan fingerprint density at radius 2 is 1.88 bits per heavy atom. The Morgan fingerprint density at radius 1 is 1.19 bits per heavy atom. The minimum Gasteiger partial charge on any atom is -0.507 e. The number of hydrogen-bond acceptors (Lipinski definition) is 6. The Kier molecular flexibility index (Phi) is 5.75. The lowest BCUT2D eigenvalue weighted by molar-refractivity contribution is -0.132. The van der Waals surface area contributed by atoms with Gasteiger partial charge in [-0.25, -0.2) is 9.37 Å². The van der Waals surface area contributed by atoms with Gasteiger partial charge in [0.15, 0.2) is 5.13 Å². The summed E-state index contributed by atoms with van der Waals surface area (Å²) in [5.41, 5.74) is 1.30. The molecular weight excluding hydrogens is 455 g/mol. The SMILES string of the molecule is COc1ccc(/C(O)=C2\C(=O)C(=O)N(c3nc(C)c(C)s3)[C@@H]2c2ccc(F)cc2)cc1Cl. The van der Waals surface area contributed by atoms with Crippen LogP contribution in [0, 0.1) is 19.7 Å². The lowest BCUT2D eigenvalue weighted by Gasteiger charge is -2.23. The van der Waals surface area contributed by atoms with Crippen LogP contribution in [-0.4, -0.2) is 28.9 Å². The van der Waals surface area contributed by atoms with Gasteiger partial charge in [-0.15, -0.1) is 11.3 Å². The highest BCUT2D eigenvalue weighted by molar-refractivity contribution is 7.16. The number of Topliss-reactive ketones (excluding diaryl/α,β-unsaturated/α-hetero) is 1. The molecule has 1 amide bonds. The molecule has 1 aliphatic heterocycles. The van der Waals surface area contributed by atoms with E-state index in [0.29, 0.717) is 16.4 Å². The van der Waals surface area contributed by atoms with E-state index in [4.69, 9.17) is 16.3 Å². The summed E-state index contributed by atoms with van der Waals surface area (Å²) >= 11 is 7.45. The topological polar surface area (TPSA) is 79.7 Å². The number of benzene rings is 2. The van der Waals surface area contributed by atoms with Crippen molar-refractivity contribution < 1.29 is 23.8 Å². The summed E-state index contributed by atoms with van der Waals surface area (Å²) < 4.78 is 18.7. The molecule has 1 saturated heterocycles. The van der Waals surface area contributed by atoms with Crippen LogP contribution in [0.25, 0.3) is 5.76 Å². The van der Waals surface area contributed by atoms with Gasteiger partial charge in [-0.1, -0.05) is 23.7 Å². The van der Waals surface area contributed by atoms with E-state index in [0.717, 1.165) is 10.6 Å². The molecule has 1 aromatic heterocycles. The standard InChI is InChI=1S/C23H18ClFN2O4S/c1-11-12(2)32-23(26-11)27-19(13-4-7-15(25)8-5-13)18(21(29)22(27)30)20(28)14-6-9-17(31-3)16(24)10-14/h4-10,19,28H,1-3H3/b20-18+/t19-/m1/s1. The van der Waals surface area contributed by atoms with Gasteiger partial charge in [0.05, 0.1) is 29.4 Å². The smallest absolute Gasteiger partial charge is 0.301 e. The van der Waals surface area contributed by atoms with Gasteiger partial charge in [0.1, 0.15) is 17.3 Å². The van der Waals surface area contributed by atoms with E-state index in [2.05, 4.69) is 4.98 Å². The highest BCUT2D eigenvalue weighted by Crippen LogP contribution is 2.44. The molecule has 164 valence electrons. The molecule has 1 aliphatic rings. The molecule has 3 aromatic rings. The summed E-state index contributed by atoms with van der Waals surface area (Å²) in [7, 11) is 1.46. The molecule has 2 heterocycles. The largest absolute Gasteiger partial charge is 0.507 e.